The summed E-state index contributed by atoms with van der Waals surface area (Å²) in [6, 6.07) is 5.96. The third-order valence-corrected chi connectivity index (χ3v) is 4.32. The molecular formula is C15H16ClFN2OS. The van der Waals surface area contributed by atoms with E-state index in [1.807, 2.05) is 17.3 Å². The van der Waals surface area contributed by atoms with Crippen LogP contribution in [0.5, 0.6) is 0 Å². The number of anilines is 1. The highest BCUT2D eigenvalue weighted by molar-refractivity contribution is 7.10. The molecule has 1 N–H and O–H groups in total. The number of carbonyl (C=O) groups excluding carboxylic acids is 1. The zero-order valence-electron chi connectivity index (χ0n) is 11.8. The van der Waals surface area contributed by atoms with E-state index in [2.05, 4.69) is 18.3 Å². The van der Waals surface area contributed by atoms with Gasteiger partial charge in [0, 0.05) is 11.4 Å². The maximum atomic E-state index is 12.9. The van der Waals surface area contributed by atoms with Gasteiger partial charge in [0.25, 0.3) is 0 Å². The molecule has 21 heavy (non-hydrogen) atoms. The Morgan fingerprint density at radius 3 is 2.81 bits per heavy atom. The SMILES string of the molecule is Cc1ccsc1CN(C)CC(=O)Nc1ccc(F)cc1Cl. The van der Waals surface area contributed by atoms with Crippen molar-refractivity contribution >= 4 is 34.5 Å². The minimum absolute atomic E-state index is 0.180. The van der Waals surface area contributed by atoms with Gasteiger partial charge in [0.1, 0.15) is 5.82 Å². The van der Waals surface area contributed by atoms with Crippen LogP contribution in [0, 0.1) is 12.7 Å². The molecule has 0 saturated heterocycles. The predicted octanol–water partition coefficient (Wildman–Crippen LogP) is 3.92. The fourth-order valence-electron chi connectivity index (χ4n) is 1.89. The third kappa shape index (κ3) is 4.52. The number of amides is 1. The molecule has 0 bridgehead atoms. The molecule has 1 amide bonds. The summed E-state index contributed by atoms with van der Waals surface area (Å²) in [7, 11) is 1.88. The molecule has 1 heterocycles. The minimum atomic E-state index is -0.428. The zero-order valence-corrected chi connectivity index (χ0v) is 13.4. The number of hydrogen-bond donors (Lipinski definition) is 1. The lowest BCUT2D eigenvalue weighted by atomic mass is 10.3. The number of hydrogen-bond acceptors (Lipinski definition) is 3. The Labute approximate surface area is 132 Å². The summed E-state index contributed by atoms with van der Waals surface area (Å²) >= 11 is 7.56. The van der Waals surface area contributed by atoms with E-state index in [1.165, 1.54) is 28.6 Å². The standard InChI is InChI=1S/C15H16ClFN2OS/c1-10-5-6-21-14(10)8-19(2)9-15(20)18-13-4-3-11(17)7-12(13)16/h3-7H,8-9H2,1-2H3,(H,18,20). The van der Waals surface area contributed by atoms with Crippen LogP contribution in [-0.2, 0) is 11.3 Å². The van der Waals surface area contributed by atoms with Crippen molar-refractivity contribution in [3.8, 4) is 0 Å². The molecule has 3 nitrogen and oxygen atoms in total. The lowest BCUT2D eigenvalue weighted by Crippen LogP contribution is -2.29. The normalized spacial score (nSPS) is 10.9. The fourth-order valence-corrected chi connectivity index (χ4v) is 3.09. The quantitative estimate of drug-likeness (QED) is 0.903. The molecule has 0 saturated carbocycles. The van der Waals surface area contributed by atoms with Gasteiger partial charge in [0.05, 0.1) is 17.3 Å². The molecule has 0 aliphatic heterocycles. The highest BCUT2D eigenvalue weighted by atomic mass is 35.5. The van der Waals surface area contributed by atoms with Crippen molar-refractivity contribution in [2.45, 2.75) is 13.5 Å². The average molecular weight is 327 g/mol. The van der Waals surface area contributed by atoms with Crippen LogP contribution < -0.4 is 5.32 Å². The van der Waals surface area contributed by atoms with Gasteiger partial charge in [0.2, 0.25) is 5.91 Å². The summed E-state index contributed by atoms with van der Waals surface area (Å²) in [5.41, 5.74) is 1.65. The Hall–Kier alpha value is -1.43. The Balaban J connectivity index is 1.90. The van der Waals surface area contributed by atoms with Crippen LogP contribution in [0.15, 0.2) is 29.6 Å². The maximum absolute atomic E-state index is 12.9. The van der Waals surface area contributed by atoms with Crippen molar-refractivity contribution in [3.63, 3.8) is 0 Å². The van der Waals surface area contributed by atoms with Crippen molar-refractivity contribution in [2.24, 2.45) is 0 Å². The average Bonchev–Trinajstić information content (AvgIpc) is 2.78. The van der Waals surface area contributed by atoms with E-state index < -0.39 is 5.82 Å². The van der Waals surface area contributed by atoms with Gasteiger partial charge < -0.3 is 5.32 Å². The van der Waals surface area contributed by atoms with Crippen molar-refractivity contribution in [3.05, 3.63) is 50.9 Å². The van der Waals surface area contributed by atoms with E-state index in [1.54, 1.807) is 11.3 Å². The smallest absolute Gasteiger partial charge is 0.238 e. The molecule has 2 aromatic rings. The third-order valence-electron chi connectivity index (χ3n) is 3.00. The second-order valence-electron chi connectivity index (χ2n) is 4.87. The van der Waals surface area contributed by atoms with Crippen LogP contribution in [0.3, 0.4) is 0 Å². The molecule has 0 radical (unpaired) electrons. The van der Waals surface area contributed by atoms with Gasteiger partial charge in [-0.3, -0.25) is 9.69 Å². The van der Waals surface area contributed by atoms with Crippen LogP contribution in [0.4, 0.5) is 10.1 Å². The van der Waals surface area contributed by atoms with Crippen molar-refractivity contribution < 1.29 is 9.18 Å². The summed E-state index contributed by atoms with van der Waals surface area (Å²) in [5.74, 6) is -0.608. The Kier molecular flexibility index (Phi) is 5.33. The number of aryl methyl sites for hydroxylation is 1. The predicted molar refractivity (Wildman–Crippen MR) is 85.4 cm³/mol. The van der Waals surface area contributed by atoms with E-state index in [0.29, 0.717) is 12.2 Å². The molecular weight excluding hydrogens is 311 g/mol. The van der Waals surface area contributed by atoms with Crippen LogP contribution in [-0.4, -0.2) is 24.4 Å². The van der Waals surface area contributed by atoms with Gasteiger partial charge in [-0.2, -0.15) is 0 Å². The first-order valence-electron chi connectivity index (χ1n) is 6.42. The van der Waals surface area contributed by atoms with Crippen molar-refractivity contribution in [2.75, 3.05) is 18.9 Å². The number of likely N-dealkylation sites (N-methyl/N-ethyl adjacent to an activating group) is 1. The minimum Gasteiger partial charge on any atom is -0.324 e. The van der Waals surface area contributed by atoms with E-state index in [4.69, 9.17) is 11.6 Å². The number of nitrogens with one attached hydrogen (secondary N) is 1. The summed E-state index contributed by atoms with van der Waals surface area (Å²) < 4.78 is 12.9. The Bertz CT molecular complexity index is 644. The van der Waals surface area contributed by atoms with E-state index in [-0.39, 0.29) is 17.5 Å². The molecule has 0 aliphatic carbocycles. The highest BCUT2D eigenvalue weighted by Gasteiger charge is 2.11. The molecule has 6 heteroatoms. The highest BCUT2D eigenvalue weighted by Crippen LogP contribution is 2.22. The second kappa shape index (κ2) is 7.02. The monoisotopic (exact) mass is 326 g/mol. The fraction of sp³-hybridized carbons (Fsp3) is 0.267. The lowest BCUT2D eigenvalue weighted by Gasteiger charge is -2.16. The summed E-state index contributed by atoms with van der Waals surface area (Å²) in [5, 5.41) is 4.92. The number of thiophene rings is 1. The lowest BCUT2D eigenvalue weighted by molar-refractivity contribution is -0.117. The van der Waals surface area contributed by atoms with Gasteiger partial charge in [-0.05, 0) is 49.2 Å². The van der Waals surface area contributed by atoms with Crippen LogP contribution in [0.2, 0.25) is 5.02 Å². The molecule has 0 atom stereocenters. The Morgan fingerprint density at radius 2 is 2.19 bits per heavy atom. The van der Waals surface area contributed by atoms with Gasteiger partial charge >= 0.3 is 0 Å². The largest absolute Gasteiger partial charge is 0.324 e. The maximum Gasteiger partial charge on any atom is 0.238 e. The first-order chi connectivity index (χ1) is 9.95. The molecule has 1 aromatic carbocycles. The number of benzene rings is 1. The van der Waals surface area contributed by atoms with E-state index in [0.717, 1.165) is 0 Å². The molecule has 0 spiro atoms. The first kappa shape index (κ1) is 15.9. The van der Waals surface area contributed by atoms with E-state index in [9.17, 15) is 9.18 Å². The van der Waals surface area contributed by atoms with Crippen LogP contribution in [0.25, 0.3) is 0 Å². The number of rotatable bonds is 5. The number of halogens is 2. The van der Waals surface area contributed by atoms with Crippen LogP contribution in [0.1, 0.15) is 10.4 Å². The van der Waals surface area contributed by atoms with Gasteiger partial charge in [-0.25, -0.2) is 4.39 Å². The molecule has 112 valence electrons. The first-order valence-corrected chi connectivity index (χ1v) is 7.68. The number of carbonyl (C=O) groups is 1. The van der Waals surface area contributed by atoms with Gasteiger partial charge in [0.15, 0.2) is 0 Å². The molecule has 2 rings (SSSR count). The molecule has 1 aromatic heterocycles. The van der Waals surface area contributed by atoms with Crippen molar-refractivity contribution in [1.82, 2.24) is 4.90 Å². The molecule has 0 fully saturated rings. The zero-order chi connectivity index (χ0) is 15.4. The Morgan fingerprint density at radius 1 is 1.43 bits per heavy atom. The topological polar surface area (TPSA) is 32.3 Å². The summed E-state index contributed by atoms with van der Waals surface area (Å²) in [4.78, 5) is 15.1. The summed E-state index contributed by atoms with van der Waals surface area (Å²) in [6.45, 7) is 3.01. The van der Waals surface area contributed by atoms with Gasteiger partial charge in [-0.1, -0.05) is 11.6 Å². The second-order valence-corrected chi connectivity index (χ2v) is 6.28. The molecule has 0 unspecified atom stereocenters. The number of nitrogens with zero attached hydrogens (tertiary/aromatic N) is 1. The van der Waals surface area contributed by atoms with Gasteiger partial charge in [-0.15, -0.1) is 11.3 Å². The van der Waals surface area contributed by atoms with E-state index >= 15 is 0 Å². The molecule has 0 aliphatic rings. The van der Waals surface area contributed by atoms with Crippen LogP contribution >= 0.6 is 22.9 Å². The summed E-state index contributed by atoms with van der Waals surface area (Å²) in [6.07, 6.45) is 0. The van der Waals surface area contributed by atoms with Crippen molar-refractivity contribution in [1.29, 1.82) is 0 Å².